The van der Waals surface area contributed by atoms with Crippen LogP contribution in [0.1, 0.15) is 90.5 Å². The van der Waals surface area contributed by atoms with E-state index in [4.69, 9.17) is 0 Å². The van der Waals surface area contributed by atoms with E-state index >= 15 is 0 Å². The number of carbonyl (C=O) groups is 3. The number of hydrogen-bond donors (Lipinski definition) is 0. The highest BCUT2D eigenvalue weighted by atomic mass is 16.2. The van der Waals surface area contributed by atoms with Gasteiger partial charge in [0.05, 0.1) is 11.1 Å². The zero-order chi connectivity index (χ0) is 23.5. The van der Waals surface area contributed by atoms with Crippen LogP contribution < -0.4 is 0 Å². The minimum Gasteiger partial charge on any atom is -0.335 e. The molecule has 0 N–H and O–H groups in total. The van der Waals surface area contributed by atoms with Gasteiger partial charge in [-0.1, -0.05) is 81.0 Å². The van der Waals surface area contributed by atoms with E-state index in [0.29, 0.717) is 17.5 Å². The van der Waals surface area contributed by atoms with Crippen LogP contribution in [0.15, 0.2) is 54.6 Å². The highest BCUT2D eigenvalue weighted by molar-refractivity contribution is 6.22. The average Bonchev–Trinajstić information content (AvgIpc) is 3.14. The first kappa shape index (κ1) is 22.8. The second-order valence-corrected chi connectivity index (χ2v) is 10.1. The maximum absolute atomic E-state index is 14.5. The maximum atomic E-state index is 14.5. The summed E-state index contributed by atoms with van der Waals surface area (Å²) < 4.78 is 0. The first-order valence-corrected chi connectivity index (χ1v) is 13.0. The molecule has 0 radical (unpaired) electrons. The van der Waals surface area contributed by atoms with Gasteiger partial charge in [-0.3, -0.25) is 19.3 Å². The fourth-order valence-corrected chi connectivity index (χ4v) is 6.17. The van der Waals surface area contributed by atoms with E-state index in [2.05, 4.69) is 4.90 Å². The van der Waals surface area contributed by atoms with Crippen molar-refractivity contribution in [3.63, 3.8) is 0 Å². The Hall–Kier alpha value is -2.95. The molecule has 0 spiro atoms. The minimum atomic E-state index is -0.821. The van der Waals surface area contributed by atoms with Crippen molar-refractivity contribution in [3.8, 4) is 0 Å². The number of amides is 3. The summed E-state index contributed by atoms with van der Waals surface area (Å²) in [4.78, 5) is 44.8. The number of carbonyl (C=O) groups excluding carboxylic acids is 3. The first-order valence-electron chi connectivity index (χ1n) is 13.0. The topological polar surface area (TPSA) is 57.7 Å². The summed E-state index contributed by atoms with van der Waals surface area (Å²) in [6.07, 6.45) is 11.4. The predicted molar refractivity (Wildman–Crippen MR) is 131 cm³/mol. The molecule has 34 heavy (non-hydrogen) atoms. The lowest BCUT2D eigenvalue weighted by Crippen LogP contribution is -2.58. The second-order valence-electron chi connectivity index (χ2n) is 10.1. The van der Waals surface area contributed by atoms with Crippen LogP contribution in [-0.2, 0) is 11.2 Å². The second kappa shape index (κ2) is 10.1. The minimum absolute atomic E-state index is 0.0443. The van der Waals surface area contributed by atoms with Crippen LogP contribution in [0.4, 0.5) is 0 Å². The monoisotopic (exact) mass is 458 g/mol. The summed E-state index contributed by atoms with van der Waals surface area (Å²) in [5, 5.41) is 0. The molecule has 1 aliphatic heterocycles. The molecule has 2 aliphatic carbocycles. The van der Waals surface area contributed by atoms with Crippen LogP contribution in [0.5, 0.6) is 0 Å². The van der Waals surface area contributed by atoms with E-state index in [1.54, 1.807) is 24.3 Å². The van der Waals surface area contributed by atoms with E-state index in [-0.39, 0.29) is 29.8 Å². The molecule has 1 atom stereocenters. The maximum Gasteiger partial charge on any atom is 0.262 e. The Kier molecular flexibility index (Phi) is 6.80. The van der Waals surface area contributed by atoms with Gasteiger partial charge in [0.25, 0.3) is 11.8 Å². The van der Waals surface area contributed by atoms with E-state index in [1.165, 1.54) is 17.7 Å². The Balaban J connectivity index is 1.52. The van der Waals surface area contributed by atoms with Gasteiger partial charge in [-0.25, -0.2) is 0 Å². The smallest absolute Gasteiger partial charge is 0.262 e. The summed E-state index contributed by atoms with van der Waals surface area (Å²) in [5.74, 6) is -0.735. The fourth-order valence-electron chi connectivity index (χ4n) is 6.17. The molecule has 3 aliphatic rings. The summed E-state index contributed by atoms with van der Waals surface area (Å²) in [5.41, 5.74) is 1.77. The van der Waals surface area contributed by atoms with Crippen LogP contribution in [0.2, 0.25) is 0 Å². The van der Waals surface area contributed by atoms with Crippen LogP contribution in [-0.4, -0.2) is 45.6 Å². The van der Waals surface area contributed by atoms with Crippen LogP contribution >= 0.6 is 0 Å². The van der Waals surface area contributed by atoms with Gasteiger partial charge in [-0.15, -0.1) is 0 Å². The van der Waals surface area contributed by atoms with E-state index in [1.807, 2.05) is 30.3 Å². The first-order chi connectivity index (χ1) is 16.6. The van der Waals surface area contributed by atoms with Crippen molar-refractivity contribution in [3.05, 3.63) is 71.3 Å². The summed E-state index contributed by atoms with van der Waals surface area (Å²) in [6.45, 7) is 0. The zero-order valence-electron chi connectivity index (χ0n) is 19.8. The highest BCUT2D eigenvalue weighted by Gasteiger charge is 2.46. The number of nitrogens with zero attached hydrogens (tertiary/aromatic N) is 2. The van der Waals surface area contributed by atoms with Gasteiger partial charge < -0.3 is 4.90 Å². The normalized spacial score (nSPS) is 20.3. The molecule has 0 bridgehead atoms. The summed E-state index contributed by atoms with van der Waals surface area (Å²) in [7, 11) is 0. The third-order valence-corrected chi connectivity index (χ3v) is 7.88. The van der Waals surface area contributed by atoms with Crippen molar-refractivity contribution in [2.24, 2.45) is 0 Å². The molecule has 2 aromatic rings. The molecule has 0 aromatic heterocycles. The van der Waals surface area contributed by atoms with Crippen LogP contribution in [0.3, 0.4) is 0 Å². The lowest BCUT2D eigenvalue weighted by Gasteiger charge is -2.44. The largest absolute Gasteiger partial charge is 0.335 e. The van der Waals surface area contributed by atoms with Crippen LogP contribution in [0.25, 0.3) is 0 Å². The Morgan fingerprint density at radius 3 is 1.71 bits per heavy atom. The van der Waals surface area contributed by atoms with Gasteiger partial charge in [0.2, 0.25) is 5.91 Å². The van der Waals surface area contributed by atoms with E-state index in [9.17, 15) is 14.4 Å². The third-order valence-electron chi connectivity index (χ3n) is 7.88. The van der Waals surface area contributed by atoms with Gasteiger partial charge in [-0.2, -0.15) is 0 Å². The molecule has 0 unspecified atom stereocenters. The highest BCUT2D eigenvalue weighted by Crippen LogP contribution is 2.33. The molecular weight excluding hydrogens is 424 g/mol. The zero-order valence-corrected chi connectivity index (χ0v) is 19.8. The lowest BCUT2D eigenvalue weighted by atomic mass is 9.87. The van der Waals surface area contributed by atoms with Crippen molar-refractivity contribution in [2.45, 2.75) is 88.8 Å². The Labute approximate surface area is 202 Å². The van der Waals surface area contributed by atoms with Crippen molar-refractivity contribution >= 4 is 17.7 Å². The van der Waals surface area contributed by atoms with E-state index in [0.717, 1.165) is 56.9 Å². The fraction of sp³-hybridized carbons (Fsp3) is 0.483. The number of fused-ring (bicyclic) bond motifs is 1. The predicted octanol–water partition coefficient (Wildman–Crippen LogP) is 5.39. The lowest BCUT2D eigenvalue weighted by molar-refractivity contribution is -0.142. The number of hydrogen-bond acceptors (Lipinski definition) is 3. The van der Waals surface area contributed by atoms with Gasteiger partial charge in [0.15, 0.2) is 0 Å². The summed E-state index contributed by atoms with van der Waals surface area (Å²) >= 11 is 0. The molecule has 3 amide bonds. The molecule has 5 nitrogen and oxygen atoms in total. The Bertz CT molecular complexity index is 985. The molecular formula is C29H34N2O3. The molecule has 5 rings (SSSR count). The molecule has 5 heteroatoms. The Morgan fingerprint density at radius 2 is 1.21 bits per heavy atom. The van der Waals surface area contributed by atoms with Gasteiger partial charge in [0.1, 0.15) is 6.04 Å². The standard InChI is InChI=1S/C29H34N2O3/c32-27-24-18-10-11-19-25(24)28(33)31(27)26(20-21-12-4-1-5-13-21)29(34)30(22-14-6-2-7-15-22)23-16-8-3-9-17-23/h1,4-5,10-13,18-19,22-23,26H,2-3,6-9,14-17,20H2/t26-/m1/s1. The van der Waals surface area contributed by atoms with E-state index < -0.39 is 6.04 Å². The number of imide groups is 1. The third kappa shape index (κ3) is 4.40. The molecule has 2 aromatic carbocycles. The van der Waals surface area contributed by atoms with Crippen LogP contribution in [0, 0.1) is 0 Å². The average molecular weight is 459 g/mol. The molecule has 2 fully saturated rings. The SMILES string of the molecule is O=C([C@@H](Cc1ccccc1)N1C(=O)c2ccccc2C1=O)N(C1CCCCC1)C1CCCCC1. The molecule has 178 valence electrons. The van der Waals surface area contributed by atoms with Gasteiger partial charge in [0, 0.05) is 18.5 Å². The van der Waals surface area contributed by atoms with Crippen molar-refractivity contribution in [1.82, 2.24) is 9.80 Å². The molecule has 0 saturated heterocycles. The van der Waals surface area contributed by atoms with Crippen molar-refractivity contribution in [2.75, 3.05) is 0 Å². The van der Waals surface area contributed by atoms with Crippen molar-refractivity contribution in [1.29, 1.82) is 0 Å². The van der Waals surface area contributed by atoms with Gasteiger partial charge >= 0.3 is 0 Å². The molecule has 2 saturated carbocycles. The summed E-state index contributed by atoms with van der Waals surface area (Å²) in [6, 6.07) is 16.3. The van der Waals surface area contributed by atoms with Crippen molar-refractivity contribution < 1.29 is 14.4 Å². The number of rotatable bonds is 6. The quantitative estimate of drug-likeness (QED) is 0.546. The molecule has 1 heterocycles. The number of benzene rings is 2. The Morgan fingerprint density at radius 1 is 0.735 bits per heavy atom. The van der Waals surface area contributed by atoms with Gasteiger partial charge in [-0.05, 0) is 43.4 Å².